The Kier molecular flexibility index (Phi) is 9.89. The Morgan fingerprint density at radius 2 is 1.31 bits per heavy atom. The minimum atomic E-state index is -1.82. The van der Waals surface area contributed by atoms with E-state index >= 15 is 0 Å². The lowest BCUT2D eigenvalue weighted by molar-refractivity contribution is -0.159. The van der Waals surface area contributed by atoms with E-state index in [4.69, 9.17) is 24.5 Å². The zero-order valence-corrected chi connectivity index (χ0v) is 19.5. The summed E-state index contributed by atoms with van der Waals surface area (Å²) >= 11 is 0. The summed E-state index contributed by atoms with van der Waals surface area (Å²) in [5.74, 6) is -1.64. The van der Waals surface area contributed by atoms with Crippen LogP contribution < -0.4 is 9.64 Å². The number of aliphatic carboxylic acids is 2. The van der Waals surface area contributed by atoms with E-state index in [0.717, 1.165) is 50.5 Å². The molecule has 35 heavy (non-hydrogen) atoms. The Hall–Kier alpha value is -4.10. The summed E-state index contributed by atoms with van der Waals surface area (Å²) in [4.78, 5) is 23.1. The minimum Gasteiger partial charge on any atom is -0.473 e. The van der Waals surface area contributed by atoms with Gasteiger partial charge in [-0.15, -0.1) is 0 Å². The van der Waals surface area contributed by atoms with Gasteiger partial charge >= 0.3 is 11.9 Å². The Morgan fingerprint density at radius 3 is 1.77 bits per heavy atom. The van der Waals surface area contributed by atoms with Gasteiger partial charge in [0.1, 0.15) is 11.5 Å². The SMILES string of the molecule is C1=C(Oc2ccccc2)CCN(CCCN(c2ccccc2)c2ccccc2)C1.O=C(O)C(=O)O. The van der Waals surface area contributed by atoms with E-state index in [1.54, 1.807) is 0 Å². The molecule has 0 unspecified atom stereocenters. The molecule has 182 valence electrons. The van der Waals surface area contributed by atoms with E-state index in [0.29, 0.717) is 0 Å². The maximum absolute atomic E-state index is 9.10. The lowest BCUT2D eigenvalue weighted by Gasteiger charge is -2.29. The Morgan fingerprint density at radius 1 is 0.800 bits per heavy atom. The molecular weight excluding hydrogens is 444 g/mol. The summed E-state index contributed by atoms with van der Waals surface area (Å²) in [7, 11) is 0. The van der Waals surface area contributed by atoms with Gasteiger partial charge in [-0.3, -0.25) is 4.90 Å². The number of hydrogen-bond acceptors (Lipinski definition) is 5. The van der Waals surface area contributed by atoms with E-state index in [9.17, 15) is 0 Å². The molecule has 0 spiro atoms. The number of carboxylic acids is 2. The van der Waals surface area contributed by atoms with Crippen molar-refractivity contribution < 1.29 is 24.5 Å². The van der Waals surface area contributed by atoms with Gasteiger partial charge in [-0.2, -0.15) is 0 Å². The summed E-state index contributed by atoms with van der Waals surface area (Å²) in [6.07, 6.45) is 4.31. The van der Waals surface area contributed by atoms with E-state index in [1.807, 2.05) is 30.3 Å². The summed E-state index contributed by atoms with van der Waals surface area (Å²) in [6.45, 7) is 4.10. The number of hydrogen-bond donors (Lipinski definition) is 2. The molecule has 0 saturated heterocycles. The third kappa shape index (κ3) is 8.64. The highest BCUT2D eigenvalue weighted by atomic mass is 16.5. The smallest absolute Gasteiger partial charge is 0.414 e. The van der Waals surface area contributed by atoms with Gasteiger partial charge in [-0.25, -0.2) is 9.59 Å². The molecule has 3 aromatic carbocycles. The molecule has 0 aliphatic carbocycles. The molecule has 3 aromatic rings. The molecule has 0 saturated carbocycles. The number of carbonyl (C=O) groups is 2. The van der Waals surface area contributed by atoms with Gasteiger partial charge in [0.15, 0.2) is 0 Å². The van der Waals surface area contributed by atoms with Gasteiger partial charge in [-0.1, -0.05) is 54.6 Å². The molecule has 4 rings (SSSR count). The molecule has 7 nitrogen and oxygen atoms in total. The van der Waals surface area contributed by atoms with Crippen molar-refractivity contribution in [2.45, 2.75) is 12.8 Å². The van der Waals surface area contributed by atoms with Gasteiger partial charge in [0.2, 0.25) is 0 Å². The first-order valence-electron chi connectivity index (χ1n) is 11.5. The minimum absolute atomic E-state index is 0.925. The highest BCUT2D eigenvalue weighted by Crippen LogP contribution is 2.25. The summed E-state index contributed by atoms with van der Waals surface area (Å²) < 4.78 is 5.99. The van der Waals surface area contributed by atoms with Crippen LogP contribution in [-0.4, -0.2) is 53.2 Å². The molecule has 0 fully saturated rings. The van der Waals surface area contributed by atoms with Gasteiger partial charge in [-0.05, 0) is 48.9 Å². The van der Waals surface area contributed by atoms with Crippen molar-refractivity contribution in [2.24, 2.45) is 0 Å². The predicted octanol–water partition coefficient (Wildman–Crippen LogP) is 5.04. The molecule has 0 radical (unpaired) electrons. The molecule has 1 heterocycles. The van der Waals surface area contributed by atoms with Crippen molar-refractivity contribution in [3.05, 3.63) is 103 Å². The van der Waals surface area contributed by atoms with Crippen LogP contribution in [0.5, 0.6) is 5.75 Å². The van der Waals surface area contributed by atoms with Crippen molar-refractivity contribution in [1.82, 2.24) is 4.90 Å². The molecule has 0 aromatic heterocycles. The van der Waals surface area contributed by atoms with Gasteiger partial charge < -0.3 is 19.8 Å². The molecular formula is C28H30N2O5. The van der Waals surface area contributed by atoms with Crippen LogP contribution in [-0.2, 0) is 9.59 Å². The Balaban J connectivity index is 0.000000509. The number of para-hydroxylation sites is 3. The summed E-state index contributed by atoms with van der Waals surface area (Å²) in [5, 5.41) is 14.8. The van der Waals surface area contributed by atoms with Crippen LogP contribution in [0.1, 0.15) is 12.8 Å². The molecule has 1 aliphatic rings. The zero-order valence-electron chi connectivity index (χ0n) is 19.5. The fourth-order valence-electron chi connectivity index (χ4n) is 3.70. The summed E-state index contributed by atoms with van der Waals surface area (Å²) in [6, 6.07) is 31.4. The maximum atomic E-state index is 9.10. The first-order chi connectivity index (χ1) is 17.0. The Bertz CT molecular complexity index is 1040. The van der Waals surface area contributed by atoms with E-state index < -0.39 is 11.9 Å². The van der Waals surface area contributed by atoms with Crippen LogP contribution in [0.25, 0.3) is 0 Å². The topological polar surface area (TPSA) is 90.3 Å². The van der Waals surface area contributed by atoms with Gasteiger partial charge in [0, 0.05) is 44.0 Å². The number of rotatable bonds is 8. The highest BCUT2D eigenvalue weighted by Gasteiger charge is 2.14. The monoisotopic (exact) mass is 474 g/mol. The van der Waals surface area contributed by atoms with Crippen LogP contribution in [0.3, 0.4) is 0 Å². The van der Waals surface area contributed by atoms with E-state index in [2.05, 4.69) is 76.5 Å². The molecule has 0 atom stereocenters. The van der Waals surface area contributed by atoms with Crippen LogP contribution in [0.15, 0.2) is 103 Å². The molecule has 7 heteroatoms. The maximum Gasteiger partial charge on any atom is 0.414 e. The van der Waals surface area contributed by atoms with Crippen molar-refractivity contribution in [1.29, 1.82) is 0 Å². The zero-order chi connectivity index (χ0) is 24.9. The van der Waals surface area contributed by atoms with Gasteiger partial charge in [0.25, 0.3) is 0 Å². The van der Waals surface area contributed by atoms with Gasteiger partial charge in [0.05, 0.1) is 0 Å². The average Bonchev–Trinajstić information content (AvgIpc) is 2.89. The lowest BCUT2D eigenvalue weighted by Crippen LogP contribution is -2.32. The average molecular weight is 475 g/mol. The largest absolute Gasteiger partial charge is 0.473 e. The number of nitrogens with zero attached hydrogens (tertiary/aromatic N) is 2. The lowest BCUT2D eigenvalue weighted by atomic mass is 10.2. The first kappa shape index (κ1) is 25.5. The molecule has 0 amide bonds. The fourth-order valence-corrected chi connectivity index (χ4v) is 3.70. The second kappa shape index (κ2) is 13.6. The second-order valence-electron chi connectivity index (χ2n) is 7.92. The van der Waals surface area contributed by atoms with Crippen LogP contribution in [0.2, 0.25) is 0 Å². The Labute approximate surface area is 205 Å². The fraction of sp³-hybridized carbons (Fsp3) is 0.214. The molecule has 1 aliphatic heterocycles. The number of carboxylic acid groups (broad SMARTS) is 2. The van der Waals surface area contributed by atoms with Crippen molar-refractivity contribution in [3.8, 4) is 5.75 Å². The quantitative estimate of drug-likeness (QED) is 0.442. The van der Waals surface area contributed by atoms with Crippen LogP contribution in [0, 0.1) is 0 Å². The highest BCUT2D eigenvalue weighted by molar-refractivity contribution is 6.27. The second-order valence-corrected chi connectivity index (χ2v) is 7.92. The third-order valence-corrected chi connectivity index (χ3v) is 5.42. The summed E-state index contributed by atoms with van der Waals surface area (Å²) in [5.41, 5.74) is 2.49. The molecule has 0 bridgehead atoms. The number of benzene rings is 3. The first-order valence-corrected chi connectivity index (χ1v) is 11.5. The van der Waals surface area contributed by atoms with Crippen molar-refractivity contribution in [2.75, 3.05) is 31.1 Å². The number of anilines is 2. The standard InChI is InChI=1S/C26H28N2O.C2H2O4/c1-4-11-23(12-5-1)28(24-13-6-2-7-14-24)20-10-19-27-21-17-26(18-22-27)29-25-15-8-3-9-16-25;3-1(4)2(5)6/h1-9,11-17H,10,18-22H2;(H,3,4)(H,5,6). The van der Waals surface area contributed by atoms with Crippen molar-refractivity contribution >= 4 is 23.3 Å². The predicted molar refractivity (Wildman–Crippen MR) is 136 cm³/mol. The third-order valence-electron chi connectivity index (χ3n) is 5.42. The van der Waals surface area contributed by atoms with Crippen LogP contribution >= 0.6 is 0 Å². The molecule has 2 N–H and O–H groups in total. The number of ether oxygens (including phenoxy) is 1. The van der Waals surface area contributed by atoms with Crippen molar-refractivity contribution in [3.63, 3.8) is 0 Å². The van der Waals surface area contributed by atoms with Crippen LogP contribution in [0.4, 0.5) is 11.4 Å². The normalized spacial score (nSPS) is 13.1. The van der Waals surface area contributed by atoms with E-state index in [1.165, 1.54) is 11.4 Å². The van der Waals surface area contributed by atoms with E-state index in [-0.39, 0.29) is 0 Å².